The van der Waals surface area contributed by atoms with Crippen molar-refractivity contribution in [1.82, 2.24) is 0 Å². The highest BCUT2D eigenvalue weighted by atomic mass is 16.5. The van der Waals surface area contributed by atoms with Crippen LogP contribution in [0.3, 0.4) is 0 Å². The van der Waals surface area contributed by atoms with Crippen molar-refractivity contribution in [3.63, 3.8) is 0 Å². The smallest absolute Gasteiger partial charge is 0.322 e. The summed E-state index contributed by atoms with van der Waals surface area (Å²) in [5, 5.41) is 3.26. The number of methoxy groups -OCH3 is 2. The second-order valence-corrected chi connectivity index (χ2v) is 5.43. The third-order valence-corrected chi connectivity index (χ3v) is 3.74. The maximum atomic E-state index is 12.2. The van der Waals surface area contributed by atoms with Crippen LogP contribution in [0.4, 0.5) is 5.69 Å². The zero-order chi connectivity index (χ0) is 17.5. The van der Waals surface area contributed by atoms with Gasteiger partial charge >= 0.3 is 11.9 Å². The molecule has 0 bridgehead atoms. The predicted molar refractivity (Wildman–Crippen MR) is 91.5 cm³/mol. The Hall–Kier alpha value is -2.82. The second kappa shape index (κ2) is 8.15. The molecular formula is C19H21NO4. The van der Waals surface area contributed by atoms with Crippen molar-refractivity contribution >= 4 is 17.6 Å². The Morgan fingerprint density at radius 2 is 1.54 bits per heavy atom. The molecule has 0 aromatic heterocycles. The minimum atomic E-state index is -1.11. The molecule has 1 atom stereocenters. The fourth-order valence-corrected chi connectivity index (χ4v) is 2.56. The minimum absolute atomic E-state index is 0.604. The second-order valence-electron chi connectivity index (χ2n) is 5.43. The molecule has 0 aliphatic carbocycles. The lowest BCUT2D eigenvalue weighted by Gasteiger charge is -2.26. The SMILES string of the molecule is COC(=O)C(C(=O)OC)C(Nc1cccc(C)c1)c1ccccc1. The highest BCUT2D eigenvalue weighted by Crippen LogP contribution is 2.29. The molecule has 0 amide bonds. The van der Waals surface area contributed by atoms with E-state index < -0.39 is 23.9 Å². The van der Waals surface area contributed by atoms with Gasteiger partial charge in [0, 0.05) is 5.69 Å². The third kappa shape index (κ3) is 4.13. The third-order valence-electron chi connectivity index (χ3n) is 3.74. The average Bonchev–Trinajstić information content (AvgIpc) is 2.61. The molecule has 0 aliphatic heterocycles. The molecule has 0 fully saturated rings. The van der Waals surface area contributed by atoms with Crippen LogP contribution in [-0.2, 0) is 19.1 Å². The summed E-state index contributed by atoms with van der Waals surface area (Å²) in [6, 6.07) is 16.4. The molecule has 5 nitrogen and oxygen atoms in total. The van der Waals surface area contributed by atoms with Crippen LogP contribution in [0, 0.1) is 12.8 Å². The minimum Gasteiger partial charge on any atom is -0.468 e. The molecule has 2 rings (SSSR count). The number of aryl methyl sites for hydroxylation is 1. The Bertz CT molecular complexity index is 684. The summed E-state index contributed by atoms with van der Waals surface area (Å²) in [5.74, 6) is -2.39. The lowest BCUT2D eigenvalue weighted by Crippen LogP contribution is -2.35. The molecule has 0 spiro atoms. The summed E-state index contributed by atoms with van der Waals surface area (Å²) < 4.78 is 9.64. The van der Waals surface area contributed by atoms with E-state index >= 15 is 0 Å². The standard InChI is InChI=1S/C19H21NO4/c1-13-8-7-11-15(12-13)20-17(14-9-5-4-6-10-14)16(18(21)23-2)19(22)24-3/h4-12,16-17,20H,1-3H3. The lowest BCUT2D eigenvalue weighted by molar-refractivity contribution is -0.159. The first kappa shape index (κ1) is 17.5. The number of carbonyl (C=O) groups is 2. The number of benzene rings is 2. The van der Waals surface area contributed by atoms with E-state index in [0.29, 0.717) is 0 Å². The number of hydrogen-bond donors (Lipinski definition) is 1. The van der Waals surface area contributed by atoms with E-state index in [9.17, 15) is 9.59 Å². The molecule has 2 aromatic carbocycles. The number of carbonyl (C=O) groups excluding carboxylic acids is 2. The molecule has 1 unspecified atom stereocenters. The van der Waals surface area contributed by atoms with E-state index in [1.54, 1.807) is 0 Å². The molecule has 0 saturated carbocycles. The van der Waals surface area contributed by atoms with Gasteiger partial charge in [-0.25, -0.2) is 0 Å². The summed E-state index contributed by atoms with van der Waals surface area (Å²) in [6.07, 6.45) is 0. The largest absolute Gasteiger partial charge is 0.468 e. The molecule has 24 heavy (non-hydrogen) atoms. The Balaban J connectivity index is 2.45. The van der Waals surface area contributed by atoms with E-state index in [-0.39, 0.29) is 0 Å². The summed E-state index contributed by atoms with van der Waals surface area (Å²) in [4.78, 5) is 24.4. The van der Waals surface area contributed by atoms with Crippen LogP contribution in [0.5, 0.6) is 0 Å². The highest BCUT2D eigenvalue weighted by molar-refractivity contribution is 5.96. The van der Waals surface area contributed by atoms with Crippen molar-refractivity contribution in [2.24, 2.45) is 5.92 Å². The van der Waals surface area contributed by atoms with E-state index in [1.165, 1.54) is 14.2 Å². The van der Waals surface area contributed by atoms with Crippen LogP contribution >= 0.6 is 0 Å². The summed E-state index contributed by atoms with van der Waals surface area (Å²) >= 11 is 0. The monoisotopic (exact) mass is 327 g/mol. The van der Waals surface area contributed by atoms with Crippen LogP contribution < -0.4 is 5.32 Å². The molecule has 0 aliphatic rings. The first-order valence-corrected chi connectivity index (χ1v) is 7.60. The fraction of sp³-hybridized carbons (Fsp3) is 0.263. The summed E-state index contributed by atoms with van der Waals surface area (Å²) in [5.41, 5.74) is 2.67. The normalized spacial score (nSPS) is 11.7. The first-order chi connectivity index (χ1) is 11.6. The van der Waals surface area contributed by atoms with Crippen molar-refractivity contribution in [2.45, 2.75) is 13.0 Å². The van der Waals surface area contributed by atoms with Gasteiger partial charge < -0.3 is 14.8 Å². The number of esters is 2. The number of ether oxygens (including phenoxy) is 2. The van der Waals surface area contributed by atoms with Crippen molar-refractivity contribution in [3.8, 4) is 0 Å². The molecule has 5 heteroatoms. The molecule has 0 radical (unpaired) electrons. The Labute approximate surface area is 141 Å². The summed E-state index contributed by atoms with van der Waals surface area (Å²) in [7, 11) is 2.51. The van der Waals surface area contributed by atoms with Crippen LogP contribution in [0.1, 0.15) is 17.2 Å². The topological polar surface area (TPSA) is 64.6 Å². The van der Waals surface area contributed by atoms with Gasteiger partial charge in [-0.3, -0.25) is 9.59 Å². The van der Waals surface area contributed by atoms with Crippen molar-refractivity contribution in [2.75, 3.05) is 19.5 Å². The van der Waals surface area contributed by atoms with Crippen LogP contribution in [0.15, 0.2) is 54.6 Å². The Morgan fingerprint density at radius 1 is 0.917 bits per heavy atom. The van der Waals surface area contributed by atoms with Gasteiger partial charge in [-0.1, -0.05) is 42.5 Å². The molecule has 1 N–H and O–H groups in total. The Morgan fingerprint density at radius 3 is 2.08 bits per heavy atom. The predicted octanol–water partition coefficient (Wildman–Crippen LogP) is 3.11. The van der Waals surface area contributed by atoms with E-state index in [1.807, 2.05) is 61.5 Å². The van der Waals surface area contributed by atoms with E-state index in [4.69, 9.17) is 9.47 Å². The van der Waals surface area contributed by atoms with Gasteiger partial charge in [-0.2, -0.15) is 0 Å². The van der Waals surface area contributed by atoms with Crippen molar-refractivity contribution in [1.29, 1.82) is 0 Å². The highest BCUT2D eigenvalue weighted by Gasteiger charge is 2.38. The van der Waals surface area contributed by atoms with Gasteiger partial charge in [0.15, 0.2) is 5.92 Å². The number of anilines is 1. The average molecular weight is 327 g/mol. The maximum absolute atomic E-state index is 12.2. The quantitative estimate of drug-likeness (QED) is 0.652. The van der Waals surface area contributed by atoms with Gasteiger partial charge in [0.1, 0.15) is 0 Å². The summed E-state index contributed by atoms with van der Waals surface area (Å²) in [6.45, 7) is 1.97. The van der Waals surface area contributed by atoms with Crippen molar-refractivity contribution < 1.29 is 19.1 Å². The molecule has 126 valence electrons. The first-order valence-electron chi connectivity index (χ1n) is 7.60. The van der Waals surface area contributed by atoms with Crippen LogP contribution in [0.25, 0.3) is 0 Å². The molecular weight excluding hydrogens is 306 g/mol. The van der Waals surface area contributed by atoms with Gasteiger partial charge in [0.25, 0.3) is 0 Å². The number of rotatable bonds is 6. The zero-order valence-corrected chi connectivity index (χ0v) is 14.0. The lowest BCUT2D eigenvalue weighted by atomic mass is 9.92. The molecule has 2 aromatic rings. The van der Waals surface area contributed by atoms with Crippen molar-refractivity contribution in [3.05, 3.63) is 65.7 Å². The maximum Gasteiger partial charge on any atom is 0.322 e. The van der Waals surface area contributed by atoms with E-state index in [0.717, 1.165) is 16.8 Å². The van der Waals surface area contributed by atoms with Crippen LogP contribution in [0.2, 0.25) is 0 Å². The molecule has 0 heterocycles. The Kier molecular flexibility index (Phi) is 5.95. The number of nitrogens with one attached hydrogen (secondary N) is 1. The van der Waals surface area contributed by atoms with Crippen LogP contribution in [-0.4, -0.2) is 26.2 Å². The van der Waals surface area contributed by atoms with Gasteiger partial charge in [0.05, 0.1) is 20.3 Å². The number of hydrogen-bond acceptors (Lipinski definition) is 5. The van der Waals surface area contributed by atoms with Gasteiger partial charge in [-0.05, 0) is 30.2 Å². The fourth-order valence-electron chi connectivity index (χ4n) is 2.56. The van der Waals surface area contributed by atoms with Gasteiger partial charge in [-0.15, -0.1) is 0 Å². The zero-order valence-electron chi connectivity index (χ0n) is 14.0. The van der Waals surface area contributed by atoms with Gasteiger partial charge in [0.2, 0.25) is 0 Å². The molecule has 0 saturated heterocycles. The van der Waals surface area contributed by atoms with E-state index in [2.05, 4.69) is 5.32 Å².